The molecule has 2 aromatic rings. The van der Waals surface area contributed by atoms with Crippen molar-refractivity contribution in [2.45, 2.75) is 64.1 Å². The van der Waals surface area contributed by atoms with Crippen LogP contribution in [0.5, 0.6) is 5.75 Å². The van der Waals surface area contributed by atoms with Crippen LogP contribution in [0.2, 0.25) is 0 Å². The molecule has 0 aliphatic carbocycles. The maximum atomic E-state index is 14.1. The molecule has 1 N–H and O–H groups in total. The SMILES string of the molecule is C=CCCCCOC(=O)N[C@H](C(=O)N1CC(OC)(c2ccc3cc(OC)c(C=C)cc3c2)CC1C(=O)OC)C(C)(C)C. The highest BCUT2D eigenvalue weighted by Gasteiger charge is 2.53. The molecular weight excluding hydrogens is 536 g/mol. The van der Waals surface area contributed by atoms with E-state index in [9.17, 15) is 14.4 Å². The number of hydrogen-bond donors (Lipinski definition) is 1. The third-order valence-corrected chi connectivity index (χ3v) is 7.82. The first-order chi connectivity index (χ1) is 19.9. The van der Waals surface area contributed by atoms with Crippen molar-refractivity contribution in [2.24, 2.45) is 5.41 Å². The molecule has 9 heteroatoms. The molecule has 0 spiro atoms. The highest BCUT2D eigenvalue weighted by molar-refractivity contribution is 5.92. The number of nitrogens with one attached hydrogen (secondary N) is 1. The summed E-state index contributed by atoms with van der Waals surface area (Å²) in [6.45, 7) is 13.4. The number of ether oxygens (including phenoxy) is 4. The lowest BCUT2D eigenvalue weighted by molar-refractivity contribution is -0.152. The minimum Gasteiger partial charge on any atom is -0.496 e. The molecule has 42 heavy (non-hydrogen) atoms. The van der Waals surface area contributed by atoms with Gasteiger partial charge < -0.3 is 29.2 Å². The molecule has 0 radical (unpaired) electrons. The number of alkyl carbamates (subject to hydrolysis) is 1. The van der Waals surface area contributed by atoms with Gasteiger partial charge in [0, 0.05) is 19.1 Å². The Labute approximate surface area is 248 Å². The molecule has 1 fully saturated rings. The van der Waals surface area contributed by atoms with Gasteiger partial charge in [-0.15, -0.1) is 6.58 Å². The predicted molar refractivity (Wildman–Crippen MR) is 163 cm³/mol. The lowest BCUT2D eigenvalue weighted by Gasteiger charge is -2.35. The van der Waals surface area contributed by atoms with Gasteiger partial charge in [-0.3, -0.25) is 4.79 Å². The first-order valence-corrected chi connectivity index (χ1v) is 14.2. The molecule has 3 rings (SSSR count). The lowest BCUT2D eigenvalue weighted by atomic mass is 9.85. The van der Waals surface area contributed by atoms with E-state index in [1.54, 1.807) is 20.3 Å². The zero-order chi connectivity index (χ0) is 31.1. The lowest BCUT2D eigenvalue weighted by Crippen LogP contribution is -2.57. The summed E-state index contributed by atoms with van der Waals surface area (Å²) < 4.78 is 22.1. The van der Waals surface area contributed by atoms with Crippen molar-refractivity contribution in [3.63, 3.8) is 0 Å². The van der Waals surface area contributed by atoms with Gasteiger partial charge in [-0.25, -0.2) is 9.59 Å². The molecule has 2 aromatic carbocycles. The first-order valence-electron chi connectivity index (χ1n) is 14.2. The third-order valence-electron chi connectivity index (χ3n) is 7.82. The Balaban J connectivity index is 1.95. The van der Waals surface area contributed by atoms with Crippen LogP contribution in [0, 0.1) is 5.41 Å². The van der Waals surface area contributed by atoms with Gasteiger partial charge in [-0.1, -0.05) is 51.6 Å². The standard InChI is InChI=1S/C33H44N2O7/c1-9-11-12-13-16-42-31(38)34-28(32(3,4)5)29(36)35-21-33(41-8,20-26(35)30(37)40-7)25-15-14-23-19-27(39-6)22(10-2)17-24(23)18-25/h9-10,14-15,17-19,26,28H,1-2,11-13,16,20-21H2,3-8H3,(H,34,38)/t26?,28-,33?/m1/s1. The minimum absolute atomic E-state index is 0.0862. The van der Waals surface area contributed by atoms with Gasteiger partial charge in [-0.05, 0) is 59.2 Å². The number of likely N-dealkylation sites (tertiary alicyclic amines) is 1. The number of unbranched alkanes of at least 4 members (excludes halogenated alkanes) is 2. The zero-order valence-electron chi connectivity index (χ0n) is 25.7. The van der Waals surface area contributed by atoms with Gasteiger partial charge in [0.2, 0.25) is 5.91 Å². The van der Waals surface area contributed by atoms with E-state index in [1.165, 1.54) is 12.0 Å². The number of nitrogens with zero attached hydrogens (tertiary/aromatic N) is 1. The maximum absolute atomic E-state index is 14.1. The molecule has 0 saturated carbocycles. The second-order valence-electron chi connectivity index (χ2n) is 11.6. The van der Waals surface area contributed by atoms with Crippen LogP contribution in [0.3, 0.4) is 0 Å². The Morgan fingerprint density at radius 3 is 2.43 bits per heavy atom. The number of fused-ring (bicyclic) bond motifs is 1. The summed E-state index contributed by atoms with van der Waals surface area (Å²) in [7, 11) is 4.48. The van der Waals surface area contributed by atoms with E-state index in [4.69, 9.17) is 18.9 Å². The van der Waals surface area contributed by atoms with Crippen molar-refractivity contribution in [1.82, 2.24) is 10.2 Å². The number of hydrogen-bond acceptors (Lipinski definition) is 7. The highest BCUT2D eigenvalue weighted by atomic mass is 16.5. The topological polar surface area (TPSA) is 103 Å². The summed E-state index contributed by atoms with van der Waals surface area (Å²) in [4.78, 5) is 41.3. The quantitative estimate of drug-likeness (QED) is 0.198. The molecule has 0 bridgehead atoms. The van der Waals surface area contributed by atoms with E-state index in [1.807, 2.05) is 57.2 Å². The summed E-state index contributed by atoms with van der Waals surface area (Å²) in [5.41, 5.74) is -0.0245. The van der Waals surface area contributed by atoms with Gasteiger partial charge in [0.1, 0.15) is 23.4 Å². The van der Waals surface area contributed by atoms with E-state index in [2.05, 4.69) is 18.5 Å². The molecule has 2 unspecified atom stereocenters. The summed E-state index contributed by atoms with van der Waals surface area (Å²) in [6.07, 6.45) is 5.41. The Morgan fingerprint density at radius 1 is 1.10 bits per heavy atom. The number of carbonyl (C=O) groups excluding carboxylic acids is 3. The minimum atomic E-state index is -0.995. The summed E-state index contributed by atoms with van der Waals surface area (Å²) in [5.74, 6) is -0.259. The Bertz CT molecular complexity index is 1320. The average Bonchev–Trinajstić information content (AvgIpc) is 3.38. The van der Waals surface area contributed by atoms with Gasteiger partial charge in [0.25, 0.3) is 0 Å². The van der Waals surface area contributed by atoms with Gasteiger partial charge >= 0.3 is 12.1 Å². The number of amides is 2. The molecule has 1 aliphatic rings. The molecule has 1 saturated heterocycles. The van der Waals surface area contributed by atoms with Crippen LogP contribution in [0.25, 0.3) is 16.8 Å². The molecule has 3 atom stereocenters. The fraction of sp³-hybridized carbons (Fsp3) is 0.485. The maximum Gasteiger partial charge on any atom is 0.407 e. The number of carbonyl (C=O) groups is 3. The second kappa shape index (κ2) is 13.9. The smallest absolute Gasteiger partial charge is 0.407 e. The van der Waals surface area contributed by atoms with Crippen LogP contribution in [0.1, 0.15) is 57.6 Å². The summed E-state index contributed by atoms with van der Waals surface area (Å²) >= 11 is 0. The van der Waals surface area contributed by atoms with Crippen molar-refractivity contribution in [3.8, 4) is 5.75 Å². The van der Waals surface area contributed by atoms with Crippen LogP contribution in [-0.2, 0) is 29.4 Å². The van der Waals surface area contributed by atoms with E-state index in [0.717, 1.165) is 34.7 Å². The summed E-state index contributed by atoms with van der Waals surface area (Å²) in [5, 5.41) is 4.64. The normalized spacial score (nSPS) is 19.2. The number of benzene rings is 2. The third kappa shape index (κ3) is 7.13. The Hall–Kier alpha value is -3.85. The zero-order valence-corrected chi connectivity index (χ0v) is 25.7. The van der Waals surface area contributed by atoms with E-state index in [-0.39, 0.29) is 19.6 Å². The number of rotatable bonds is 12. The number of allylic oxidation sites excluding steroid dienone is 1. The van der Waals surface area contributed by atoms with Crippen LogP contribution in [0.15, 0.2) is 49.6 Å². The van der Waals surface area contributed by atoms with Gasteiger partial charge in [0.15, 0.2) is 0 Å². The van der Waals surface area contributed by atoms with Crippen LogP contribution < -0.4 is 10.1 Å². The van der Waals surface area contributed by atoms with Crippen molar-refractivity contribution >= 4 is 34.8 Å². The first kappa shape index (κ1) is 32.7. The van der Waals surface area contributed by atoms with E-state index < -0.39 is 41.1 Å². The molecule has 1 aliphatic heterocycles. The fourth-order valence-corrected chi connectivity index (χ4v) is 5.37. The van der Waals surface area contributed by atoms with Crippen molar-refractivity contribution in [2.75, 3.05) is 34.5 Å². The Morgan fingerprint density at radius 2 is 1.83 bits per heavy atom. The monoisotopic (exact) mass is 580 g/mol. The van der Waals surface area contributed by atoms with E-state index in [0.29, 0.717) is 12.2 Å². The molecular formula is C33H44N2O7. The molecule has 2 amide bonds. The summed E-state index contributed by atoms with van der Waals surface area (Å²) in [6, 6.07) is 7.93. The van der Waals surface area contributed by atoms with Gasteiger partial charge in [0.05, 0.1) is 27.4 Å². The number of esters is 1. The van der Waals surface area contributed by atoms with Gasteiger partial charge in [-0.2, -0.15) is 0 Å². The molecule has 1 heterocycles. The average molecular weight is 581 g/mol. The number of methoxy groups -OCH3 is 3. The van der Waals surface area contributed by atoms with Crippen LogP contribution in [0.4, 0.5) is 4.79 Å². The van der Waals surface area contributed by atoms with Crippen molar-refractivity contribution < 1.29 is 33.3 Å². The van der Waals surface area contributed by atoms with Crippen LogP contribution >= 0.6 is 0 Å². The molecule has 228 valence electrons. The largest absolute Gasteiger partial charge is 0.496 e. The van der Waals surface area contributed by atoms with Crippen molar-refractivity contribution in [1.29, 1.82) is 0 Å². The fourth-order valence-electron chi connectivity index (χ4n) is 5.37. The molecule has 0 aromatic heterocycles. The predicted octanol–water partition coefficient (Wildman–Crippen LogP) is 5.60. The van der Waals surface area contributed by atoms with Crippen LogP contribution in [-0.4, -0.2) is 69.4 Å². The second-order valence-corrected chi connectivity index (χ2v) is 11.6. The Kier molecular flexibility index (Phi) is 10.8. The van der Waals surface area contributed by atoms with Crippen molar-refractivity contribution in [3.05, 3.63) is 60.7 Å². The molecule has 9 nitrogen and oxygen atoms in total. The highest BCUT2D eigenvalue weighted by Crippen LogP contribution is 2.42. The van der Waals surface area contributed by atoms with E-state index >= 15 is 0 Å².